The van der Waals surface area contributed by atoms with Crippen molar-refractivity contribution in [2.45, 2.75) is 4.21 Å². The summed E-state index contributed by atoms with van der Waals surface area (Å²) in [5.74, 6) is -0.373. The van der Waals surface area contributed by atoms with Crippen molar-refractivity contribution in [3.8, 4) is 11.5 Å². The van der Waals surface area contributed by atoms with Crippen LogP contribution in [0.2, 0.25) is 0 Å². The molecule has 0 fully saturated rings. The van der Waals surface area contributed by atoms with Crippen LogP contribution in [0.15, 0.2) is 33.9 Å². The minimum Gasteiger partial charge on any atom is -0.497 e. The molecule has 9 heteroatoms. The molecule has 0 aliphatic heterocycles. The monoisotopic (exact) mass is 343 g/mol. The molecular weight excluding hydrogens is 330 g/mol. The number of carboxylic acids is 1. The number of rotatable bonds is 6. The Morgan fingerprint density at radius 2 is 1.95 bits per heavy atom. The molecule has 2 N–H and O–H groups in total. The maximum atomic E-state index is 12.3. The fraction of sp³-hybridized carbons (Fsp3) is 0.154. The van der Waals surface area contributed by atoms with Crippen LogP contribution in [0, 0.1) is 0 Å². The number of sulfonamides is 1. The highest BCUT2D eigenvalue weighted by atomic mass is 32.2. The van der Waals surface area contributed by atoms with Crippen molar-refractivity contribution in [2.24, 2.45) is 0 Å². The highest BCUT2D eigenvalue weighted by Gasteiger charge is 2.20. The molecule has 0 bridgehead atoms. The molecule has 0 saturated heterocycles. The number of hydrogen-bond acceptors (Lipinski definition) is 6. The summed E-state index contributed by atoms with van der Waals surface area (Å²) < 4.78 is 37.0. The molecule has 0 amide bonds. The predicted molar refractivity (Wildman–Crippen MR) is 81.6 cm³/mol. The van der Waals surface area contributed by atoms with Gasteiger partial charge in [0.2, 0.25) is 0 Å². The van der Waals surface area contributed by atoms with Crippen molar-refractivity contribution in [3.05, 3.63) is 35.2 Å². The zero-order valence-corrected chi connectivity index (χ0v) is 13.3. The largest absolute Gasteiger partial charge is 0.497 e. The van der Waals surface area contributed by atoms with Crippen molar-refractivity contribution in [1.29, 1.82) is 0 Å². The first-order valence-corrected chi connectivity index (χ1v) is 8.30. The van der Waals surface area contributed by atoms with E-state index in [2.05, 4.69) is 4.72 Å². The quantitative estimate of drug-likeness (QED) is 0.834. The number of anilines is 1. The highest BCUT2D eigenvalue weighted by Crippen LogP contribution is 2.31. The summed E-state index contributed by atoms with van der Waals surface area (Å²) in [7, 11) is -1.01. The van der Waals surface area contributed by atoms with E-state index in [1.165, 1.54) is 31.7 Å². The Bertz CT molecular complexity index is 797. The van der Waals surface area contributed by atoms with Gasteiger partial charge in [0.1, 0.15) is 15.7 Å². The summed E-state index contributed by atoms with van der Waals surface area (Å²) in [5.41, 5.74) is 0.153. The summed E-state index contributed by atoms with van der Waals surface area (Å²) in [6.07, 6.45) is 0. The average Bonchev–Trinajstić information content (AvgIpc) is 2.98. The molecule has 0 aliphatic rings. The number of carboxylic acid groups (broad SMARTS) is 1. The van der Waals surface area contributed by atoms with Gasteiger partial charge in [0.15, 0.2) is 0 Å². The third kappa shape index (κ3) is 3.31. The van der Waals surface area contributed by atoms with E-state index < -0.39 is 16.0 Å². The summed E-state index contributed by atoms with van der Waals surface area (Å²) in [5, 5.41) is 10.1. The molecule has 0 radical (unpaired) electrons. The molecule has 2 aromatic rings. The van der Waals surface area contributed by atoms with Crippen LogP contribution < -0.4 is 14.2 Å². The molecule has 0 unspecified atom stereocenters. The smallest absolute Gasteiger partial charge is 0.336 e. The second kappa shape index (κ2) is 6.24. The van der Waals surface area contributed by atoms with Crippen molar-refractivity contribution < 1.29 is 27.8 Å². The van der Waals surface area contributed by atoms with E-state index >= 15 is 0 Å². The predicted octanol–water partition coefficient (Wildman–Crippen LogP) is 2.26. The minimum atomic E-state index is -3.89. The lowest BCUT2D eigenvalue weighted by atomic mass is 10.3. The third-order valence-corrected chi connectivity index (χ3v) is 5.55. The van der Waals surface area contributed by atoms with Crippen LogP contribution in [-0.4, -0.2) is 33.7 Å². The molecular formula is C13H13NO6S2. The molecule has 1 aromatic carbocycles. The van der Waals surface area contributed by atoms with E-state index in [9.17, 15) is 13.2 Å². The van der Waals surface area contributed by atoms with Crippen LogP contribution in [0.5, 0.6) is 11.5 Å². The number of carbonyl (C=O) groups is 1. The van der Waals surface area contributed by atoms with E-state index in [1.54, 1.807) is 6.07 Å². The molecule has 0 saturated carbocycles. The molecule has 0 spiro atoms. The van der Waals surface area contributed by atoms with Crippen molar-refractivity contribution in [1.82, 2.24) is 0 Å². The minimum absolute atomic E-state index is 0.0768. The Hall–Kier alpha value is -2.26. The third-order valence-electron chi connectivity index (χ3n) is 2.74. The van der Waals surface area contributed by atoms with E-state index in [-0.39, 0.29) is 21.2 Å². The van der Waals surface area contributed by atoms with E-state index in [1.807, 2.05) is 0 Å². The van der Waals surface area contributed by atoms with Crippen molar-refractivity contribution >= 4 is 33.0 Å². The van der Waals surface area contributed by atoms with Crippen LogP contribution in [0.25, 0.3) is 0 Å². The van der Waals surface area contributed by atoms with Crippen LogP contribution in [0.4, 0.5) is 5.69 Å². The number of ether oxygens (including phenoxy) is 2. The summed E-state index contributed by atoms with van der Waals surface area (Å²) in [6.45, 7) is 0. The normalized spacial score (nSPS) is 11.0. The fourth-order valence-corrected chi connectivity index (χ4v) is 3.87. The Balaban J connectivity index is 2.33. The number of methoxy groups -OCH3 is 2. The summed E-state index contributed by atoms with van der Waals surface area (Å²) >= 11 is 0.828. The standard InChI is InChI=1S/C13H13NO6S2/c1-19-9-3-4-10(11(6-9)20-2)14-22(17,18)12-5-8(7-21-12)13(15)16/h3-7,14H,1-2H3,(H,15,16). The van der Waals surface area contributed by atoms with Crippen LogP contribution >= 0.6 is 11.3 Å². The van der Waals surface area contributed by atoms with Gasteiger partial charge in [-0.15, -0.1) is 11.3 Å². The zero-order valence-electron chi connectivity index (χ0n) is 11.7. The number of benzene rings is 1. The van der Waals surface area contributed by atoms with Crippen molar-refractivity contribution in [2.75, 3.05) is 18.9 Å². The van der Waals surface area contributed by atoms with Gasteiger partial charge in [-0.25, -0.2) is 13.2 Å². The SMILES string of the molecule is COc1ccc(NS(=O)(=O)c2cc(C(=O)O)cs2)c(OC)c1. The maximum absolute atomic E-state index is 12.3. The van der Waals surface area contributed by atoms with E-state index in [0.29, 0.717) is 5.75 Å². The van der Waals surface area contributed by atoms with Gasteiger partial charge < -0.3 is 14.6 Å². The Morgan fingerprint density at radius 1 is 1.23 bits per heavy atom. The van der Waals surface area contributed by atoms with Crippen molar-refractivity contribution in [3.63, 3.8) is 0 Å². The number of nitrogens with one attached hydrogen (secondary N) is 1. The highest BCUT2D eigenvalue weighted by molar-refractivity contribution is 7.94. The van der Waals surface area contributed by atoms with Gasteiger partial charge >= 0.3 is 5.97 Å². The molecule has 0 aliphatic carbocycles. The van der Waals surface area contributed by atoms with Gasteiger partial charge in [0.05, 0.1) is 25.5 Å². The van der Waals surface area contributed by atoms with Gasteiger partial charge in [-0.3, -0.25) is 4.72 Å². The van der Waals surface area contributed by atoms with Gasteiger partial charge in [0, 0.05) is 11.4 Å². The van der Waals surface area contributed by atoms with Gasteiger partial charge in [-0.05, 0) is 18.2 Å². The Morgan fingerprint density at radius 3 is 2.50 bits per heavy atom. The topological polar surface area (TPSA) is 102 Å². The fourth-order valence-electron chi connectivity index (χ4n) is 1.65. The first-order valence-electron chi connectivity index (χ1n) is 5.94. The number of hydrogen-bond donors (Lipinski definition) is 2. The zero-order chi connectivity index (χ0) is 16.3. The lowest BCUT2D eigenvalue weighted by Crippen LogP contribution is -2.12. The second-order valence-electron chi connectivity index (χ2n) is 4.13. The average molecular weight is 343 g/mol. The van der Waals surface area contributed by atoms with E-state index in [0.717, 1.165) is 17.4 Å². The number of thiophene rings is 1. The number of aromatic carboxylic acids is 1. The second-order valence-corrected chi connectivity index (χ2v) is 6.95. The molecule has 2 rings (SSSR count). The first kappa shape index (κ1) is 16.1. The Kier molecular flexibility index (Phi) is 4.57. The molecule has 1 aromatic heterocycles. The maximum Gasteiger partial charge on any atom is 0.336 e. The van der Waals surface area contributed by atoms with Crippen LogP contribution in [-0.2, 0) is 10.0 Å². The molecule has 7 nitrogen and oxygen atoms in total. The lowest BCUT2D eigenvalue weighted by molar-refractivity contribution is 0.0697. The molecule has 22 heavy (non-hydrogen) atoms. The molecule has 0 atom stereocenters. The van der Waals surface area contributed by atoms with Gasteiger partial charge in [-0.1, -0.05) is 0 Å². The van der Waals surface area contributed by atoms with Gasteiger partial charge in [0.25, 0.3) is 10.0 Å². The first-order chi connectivity index (χ1) is 10.4. The molecule has 118 valence electrons. The summed E-state index contributed by atoms with van der Waals surface area (Å²) in [6, 6.07) is 5.72. The molecule has 1 heterocycles. The van der Waals surface area contributed by atoms with E-state index in [4.69, 9.17) is 14.6 Å². The van der Waals surface area contributed by atoms with Gasteiger partial charge in [-0.2, -0.15) is 0 Å². The van der Waals surface area contributed by atoms with Crippen LogP contribution in [0.3, 0.4) is 0 Å². The Labute approximate surface area is 131 Å². The summed E-state index contributed by atoms with van der Waals surface area (Å²) in [4.78, 5) is 10.8. The van der Waals surface area contributed by atoms with Crippen LogP contribution in [0.1, 0.15) is 10.4 Å². The lowest BCUT2D eigenvalue weighted by Gasteiger charge is -2.12.